The molecule has 0 bridgehead atoms. The summed E-state index contributed by atoms with van der Waals surface area (Å²) in [5.41, 5.74) is -0.477. The van der Waals surface area contributed by atoms with Gasteiger partial charge in [0.2, 0.25) is 17.7 Å². The second kappa shape index (κ2) is 24.8. The number of halogens is 8. The van der Waals surface area contributed by atoms with Gasteiger partial charge in [-0.05, 0) is 10.8 Å². The summed E-state index contributed by atoms with van der Waals surface area (Å²) in [6.07, 6.45) is 11.3. The molecule has 0 unspecified atom stereocenters. The minimum Gasteiger partial charge on any atom is -0.429 e. The number of carbonyl (C=O) groups excluding carboxylic acids is 4. The standard InChI is InChI=1S/C11H14Cl2N2O2.C11H14Cl2N2O.C10H12Cl2N2O2.C10H12Cl2N2O/c1-11(2,3)4-9(16)14-10-7(12)5-15(17)6-8(10)13;1-11(2,3)4-9(16)15-10-7(12)5-14-6-8(10)13;1-10(2,3)9(15)13-8-6(11)4-14(16)5-7(8)12;1-10(2,3)9(15)14-8-6(11)4-13-5-7(8)12/h5-6,17H,4H2,1-3H3;5-6H,4H2,1-3H3,(H,14,15,16);4-5,16H,1-3H3;4-5H,1-3H3,(H,13,14,15). The topological polar surface area (TPSA) is 193 Å². The van der Waals surface area contributed by atoms with Crippen LogP contribution in [0.3, 0.4) is 0 Å². The predicted octanol–water partition coefficient (Wildman–Crippen LogP) is 12.5. The predicted molar refractivity (Wildman–Crippen MR) is 257 cm³/mol. The smallest absolute Gasteiger partial charge is 0.251 e. The maximum atomic E-state index is 11.7. The summed E-state index contributed by atoms with van der Waals surface area (Å²) in [5, 5.41) is 25.9. The zero-order valence-corrected chi connectivity index (χ0v) is 43.3. The van der Waals surface area contributed by atoms with Crippen LogP contribution in [0.2, 0.25) is 40.2 Å². The van der Waals surface area contributed by atoms with Crippen LogP contribution in [0.15, 0.2) is 59.6 Å². The van der Waals surface area contributed by atoms with Gasteiger partial charge >= 0.3 is 0 Å². The van der Waals surface area contributed by atoms with Crippen molar-refractivity contribution < 1.29 is 29.6 Å². The van der Waals surface area contributed by atoms with Gasteiger partial charge in [-0.3, -0.25) is 29.1 Å². The summed E-state index contributed by atoms with van der Waals surface area (Å²) < 4.78 is 1.43. The molecule has 0 aliphatic carbocycles. The summed E-state index contributed by atoms with van der Waals surface area (Å²) in [5.74, 6) is -0.871. The van der Waals surface area contributed by atoms with Gasteiger partial charge in [-0.1, -0.05) is 176 Å². The lowest BCUT2D eigenvalue weighted by Gasteiger charge is -2.18. The third kappa shape index (κ3) is 21.6. The first-order valence-electron chi connectivity index (χ1n) is 18.9. The molecule has 4 N–H and O–H groups in total. The molecule has 0 aromatic carbocycles. The molecule has 0 fully saturated rings. The van der Waals surface area contributed by atoms with Crippen LogP contribution >= 0.6 is 92.8 Å². The van der Waals surface area contributed by atoms with Crippen LogP contribution in [-0.2, 0) is 19.2 Å². The normalized spacial score (nSPS) is 11.3. The van der Waals surface area contributed by atoms with E-state index < -0.39 is 10.8 Å². The van der Waals surface area contributed by atoms with E-state index in [1.807, 2.05) is 62.3 Å². The van der Waals surface area contributed by atoms with Crippen molar-refractivity contribution in [3.05, 3.63) is 100 Å². The summed E-state index contributed by atoms with van der Waals surface area (Å²) in [7, 11) is 0. The van der Waals surface area contributed by atoms with Crippen molar-refractivity contribution in [1.29, 1.82) is 0 Å². The van der Waals surface area contributed by atoms with Gasteiger partial charge in [-0.2, -0.15) is 9.46 Å². The van der Waals surface area contributed by atoms with Crippen LogP contribution in [0.5, 0.6) is 0 Å². The van der Waals surface area contributed by atoms with Crippen LogP contribution < -0.4 is 21.3 Å². The molecule has 4 aromatic heterocycles. The maximum absolute atomic E-state index is 11.7. The fraction of sp³-hybridized carbons (Fsp3) is 0.429. The molecule has 64 heavy (non-hydrogen) atoms. The lowest BCUT2D eigenvalue weighted by atomic mass is 9.92. The number of amides is 4. The van der Waals surface area contributed by atoms with Gasteiger partial charge in [-0.15, -0.1) is 0 Å². The second-order valence-electron chi connectivity index (χ2n) is 18.2. The number of aromatic nitrogens is 4. The van der Waals surface area contributed by atoms with Crippen LogP contribution in [0.25, 0.3) is 0 Å². The molecule has 0 saturated carbocycles. The molecular formula is C42H52Cl8N8O6. The van der Waals surface area contributed by atoms with Crippen molar-refractivity contribution in [2.45, 2.75) is 95.9 Å². The summed E-state index contributed by atoms with van der Waals surface area (Å²) in [6, 6.07) is 0. The highest BCUT2D eigenvalue weighted by Crippen LogP contribution is 2.31. The van der Waals surface area contributed by atoms with E-state index in [0.29, 0.717) is 49.0 Å². The monoisotopic (exact) mass is 1040 g/mol. The number of nitrogens with one attached hydrogen (secondary N) is 2. The van der Waals surface area contributed by atoms with Crippen molar-refractivity contribution >= 4 is 128 Å². The van der Waals surface area contributed by atoms with Crippen LogP contribution in [0.4, 0.5) is 11.4 Å². The Kier molecular flexibility index (Phi) is 22.6. The molecule has 0 saturated heterocycles. The average molecular weight is 1050 g/mol. The quantitative estimate of drug-likeness (QED) is 0.145. The lowest BCUT2D eigenvalue weighted by molar-refractivity contribution is -0.125. The maximum Gasteiger partial charge on any atom is 0.251 e. The van der Waals surface area contributed by atoms with Crippen molar-refractivity contribution in [3.8, 4) is 0 Å². The first-order valence-corrected chi connectivity index (χ1v) is 21.9. The molecule has 4 rings (SSSR count). The molecule has 352 valence electrons. The molecule has 0 aliphatic heterocycles. The van der Waals surface area contributed by atoms with Gasteiger partial charge in [0, 0.05) is 48.5 Å². The number of hydrogen-bond donors (Lipinski definition) is 4. The SMILES string of the molecule is CC(C)(C)C(=O)N=c1c(Cl)cn(O)cc1Cl.CC(C)(C)C(=O)Nc1c(Cl)cncc1Cl.CC(C)(C)CC(=O)N=c1c(Cl)cn(O)cc1Cl.CC(C)(C)CC(=O)Nc1c(Cl)cncc1Cl. The van der Waals surface area contributed by atoms with Gasteiger partial charge in [0.25, 0.3) is 5.91 Å². The zero-order valence-electron chi connectivity index (χ0n) is 37.3. The molecule has 4 aromatic rings. The molecule has 4 amide bonds. The fourth-order valence-corrected chi connectivity index (χ4v) is 6.13. The van der Waals surface area contributed by atoms with E-state index in [1.54, 1.807) is 20.8 Å². The van der Waals surface area contributed by atoms with Gasteiger partial charge in [0.15, 0.2) is 0 Å². The van der Waals surface area contributed by atoms with Crippen LogP contribution in [0.1, 0.15) is 95.9 Å². The van der Waals surface area contributed by atoms with E-state index in [9.17, 15) is 19.2 Å². The number of carbonyl (C=O) groups is 4. The van der Waals surface area contributed by atoms with Gasteiger partial charge in [0.1, 0.15) is 10.7 Å². The van der Waals surface area contributed by atoms with Crippen molar-refractivity contribution in [2.75, 3.05) is 10.6 Å². The van der Waals surface area contributed by atoms with Crippen molar-refractivity contribution in [3.63, 3.8) is 0 Å². The first-order chi connectivity index (χ1) is 29.0. The molecule has 14 nitrogen and oxygen atoms in total. The van der Waals surface area contributed by atoms with Gasteiger partial charge in [-0.25, -0.2) is 9.98 Å². The second-order valence-corrected chi connectivity index (χ2v) is 21.5. The van der Waals surface area contributed by atoms with Crippen molar-refractivity contribution in [2.24, 2.45) is 31.6 Å². The number of hydrogen-bond acceptors (Lipinski definition) is 8. The number of nitrogens with zero attached hydrogens (tertiary/aromatic N) is 6. The van der Waals surface area contributed by atoms with Crippen LogP contribution in [0, 0.1) is 21.7 Å². The van der Waals surface area contributed by atoms with Crippen LogP contribution in [-0.4, -0.2) is 53.5 Å². The highest BCUT2D eigenvalue weighted by molar-refractivity contribution is 6.40. The molecule has 0 spiro atoms. The Balaban J connectivity index is 0.000000427. The minimum absolute atomic E-state index is 0.0733. The summed E-state index contributed by atoms with van der Waals surface area (Å²) in [6.45, 7) is 22.5. The molecule has 4 heterocycles. The van der Waals surface area contributed by atoms with E-state index in [4.69, 9.17) is 103 Å². The average Bonchev–Trinajstić information content (AvgIpc) is 3.09. The van der Waals surface area contributed by atoms with Gasteiger partial charge < -0.3 is 21.0 Å². The third-order valence-electron chi connectivity index (χ3n) is 7.24. The lowest BCUT2D eigenvalue weighted by Crippen LogP contribution is -2.27. The minimum atomic E-state index is -0.600. The van der Waals surface area contributed by atoms with E-state index in [-0.39, 0.29) is 65.3 Å². The third-order valence-corrected chi connectivity index (χ3v) is 9.49. The first kappa shape index (κ1) is 58.4. The van der Waals surface area contributed by atoms with E-state index >= 15 is 0 Å². The number of pyridine rings is 4. The Morgan fingerprint density at radius 1 is 0.516 bits per heavy atom. The molecule has 0 aliphatic rings. The molecule has 0 radical (unpaired) electrons. The Labute approximate surface area is 412 Å². The van der Waals surface area contributed by atoms with E-state index in [1.165, 1.54) is 49.6 Å². The Morgan fingerprint density at radius 2 is 0.844 bits per heavy atom. The van der Waals surface area contributed by atoms with E-state index in [2.05, 4.69) is 30.6 Å². The van der Waals surface area contributed by atoms with Crippen molar-refractivity contribution in [1.82, 2.24) is 19.4 Å². The molecular weight excluding hydrogens is 996 g/mol. The Bertz CT molecular complexity index is 2350. The summed E-state index contributed by atoms with van der Waals surface area (Å²) >= 11 is 46.8. The molecule has 0 atom stereocenters. The Morgan fingerprint density at radius 3 is 1.16 bits per heavy atom. The highest BCUT2D eigenvalue weighted by Gasteiger charge is 2.24. The molecule has 22 heteroatoms. The highest BCUT2D eigenvalue weighted by atomic mass is 35.5. The fourth-order valence-electron chi connectivity index (χ4n) is 4.14. The summed E-state index contributed by atoms with van der Waals surface area (Å²) in [4.78, 5) is 62.0. The Hall–Kier alpha value is -3.60. The number of rotatable bonds is 4. The zero-order chi connectivity index (χ0) is 49.7. The number of anilines is 2. The van der Waals surface area contributed by atoms with Gasteiger partial charge in [0.05, 0.1) is 76.3 Å². The largest absolute Gasteiger partial charge is 0.429 e. The van der Waals surface area contributed by atoms with E-state index in [0.717, 1.165) is 4.73 Å².